The van der Waals surface area contributed by atoms with E-state index in [9.17, 15) is 9.90 Å². The number of rotatable bonds is 7. The van der Waals surface area contributed by atoms with Gasteiger partial charge in [-0.15, -0.1) is 11.8 Å². The number of carbonyl (C=O) groups is 1. The molecule has 0 aliphatic heterocycles. The Kier molecular flexibility index (Phi) is 8.28. The van der Waals surface area contributed by atoms with Gasteiger partial charge < -0.3 is 9.84 Å². The van der Waals surface area contributed by atoms with Crippen molar-refractivity contribution in [3.05, 3.63) is 83.0 Å². The van der Waals surface area contributed by atoms with Crippen LogP contribution in [0, 0.1) is 17.8 Å². The van der Waals surface area contributed by atoms with Gasteiger partial charge in [0.2, 0.25) is 0 Å². The first-order valence-electron chi connectivity index (χ1n) is 10.5. The highest BCUT2D eigenvalue weighted by atomic mass is 16.5. The van der Waals surface area contributed by atoms with Gasteiger partial charge in [0.15, 0.2) is 0 Å². The van der Waals surface area contributed by atoms with Crippen molar-refractivity contribution in [1.82, 2.24) is 0 Å². The second-order valence-corrected chi connectivity index (χ2v) is 8.45. The number of ether oxygens (including phenoxy) is 1. The fourth-order valence-electron chi connectivity index (χ4n) is 3.36. The summed E-state index contributed by atoms with van der Waals surface area (Å²) in [7, 11) is 0. The van der Waals surface area contributed by atoms with Gasteiger partial charge in [0.1, 0.15) is 11.5 Å². The number of hydrogen-bond donors (Lipinski definition) is 1. The molecular formula is C28H32O3. The van der Waals surface area contributed by atoms with Crippen molar-refractivity contribution in [2.24, 2.45) is 5.92 Å². The number of esters is 1. The number of allylic oxidation sites excluding steroid dienone is 3. The van der Waals surface area contributed by atoms with Crippen LogP contribution in [-0.2, 0) is 10.2 Å². The molecule has 3 nitrogen and oxygen atoms in total. The molecule has 162 valence electrons. The van der Waals surface area contributed by atoms with E-state index in [1.165, 1.54) is 5.57 Å². The van der Waals surface area contributed by atoms with E-state index in [1.54, 1.807) is 25.1 Å². The van der Waals surface area contributed by atoms with Gasteiger partial charge in [-0.1, -0.05) is 62.8 Å². The Labute approximate surface area is 186 Å². The van der Waals surface area contributed by atoms with Crippen LogP contribution >= 0.6 is 0 Å². The van der Waals surface area contributed by atoms with Gasteiger partial charge >= 0.3 is 5.97 Å². The van der Waals surface area contributed by atoms with Crippen LogP contribution in [0.1, 0.15) is 59.1 Å². The summed E-state index contributed by atoms with van der Waals surface area (Å²) in [6.45, 7) is 12.0. The van der Waals surface area contributed by atoms with Gasteiger partial charge in [-0.25, -0.2) is 4.79 Å². The number of carbonyl (C=O) groups excluding carboxylic acids is 1. The fourth-order valence-corrected chi connectivity index (χ4v) is 3.36. The Hall–Kier alpha value is -3.25. The molecule has 0 aromatic heterocycles. The highest BCUT2D eigenvalue weighted by Crippen LogP contribution is 2.33. The monoisotopic (exact) mass is 416 g/mol. The van der Waals surface area contributed by atoms with E-state index in [2.05, 4.69) is 32.6 Å². The predicted octanol–water partition coefficient (Wildman–Crippen LogP) is 6.57. The first-order chi connectivity index (χ1) is 14.6. The molecule has 2 aromatic carbocycles. The van der Waals surface area contributed by atoms with Crippen LogP contribution < -0.4 is 4.74 Å². The van der Waals surface area contributed by atoms with Gasteiger partial charge in [0, 0.05) is 16.9 Å². The van der Waals surface area contributed by atoms with Crippen molar-refractivity contribution in [3.8, 4) is 23.3 Å². The lowest BCUT2D eigenvalue weighted by Gasteiger charge is -2.26. The number of phenolic OH excluding ortho intramolecular Hbond substituents is 1. The Morgan fingerprint density at radius 3 is 2.13 bits per heavy atom. The summed E-state index contributed by atoms with van der Waals surface area (Å²) in [6.07, 6.45) is 4.62. The zero-order chi connectivity index (χ0) is 23.0. The van der Waals surface area contributed by atoms with Crippen LogP contribution in [0.15, 0.2) is 71.8 Å². The Balaban J connectivity index is 2.05. The van der Waals surface area contributed by atoms with Crippen molar-refractivity contribution in [3.63, 3.8) is 0 Å². The Bertz CT molecular complexity index is 1010. The molecule has 0 saturated carbocycles. The average molecular weight is 417 g/mol. The van der Waals surface area contributed by atoms with Crippen LogP contribution in [0.5, 0.6) is 11.5 Å². The number of phenols is 1. The van der Waals surface area contributed by atoms with Gasteiger partial charge in [-0.2, -0.15) is 0 Å². The second-order valence-electron chi connectivity index (χ2n) is 8.45. The van der Waals surface area contributed by atoms with Gasteiger partial charge in [0.05, 0.1) is 0 Å². The lowest BCUT2D eigenvalue weighted by atomic mass is 9.78. The van der Waals surface area contributed by atoms with E-state index in [0.717, 1.165) is 17.5 Å². The average Bonchev–Trinajstić information content (AvgIpc) is 2.72. The summed E-state index contributed by atoms with van der Waals surface area (Å²) >= 11 is 0. The van der Waals surface area contributed by atoms with E-state index in [-0.39, 0.29) is 17.1 Å². The van der Waals surface area contributed by atoms with Crippen molar-refractivity contribution in [2.75, 3.05) is 0 Å². The summed E-state index contributed by atoms with van der Waals surface area (Å²) < 4.78 is 5.53. The normalized spacial score (nSPS) is 13.2. The summed E-state index contributed by atoms with van der Waals surface area (Å²) in [6, 6.07) is 14.8. The molecule has 2 aromatic rings. The molecule has 0 aliphatic rings. The lowest BCUT2D eigenvalue weighted by Crippen LogP contribution is -2.18. The highest BCUT2D eigenvalue weighted by Gasteiger charge is 2.23. The first-order valence-corrected chi connectivity index (χ1v) is 10.5. The maximum absolute atomic E-state index is 12.4. The number of benzene rings is 2. The van der Waals surface area contributed by atoms with Crippen molar-refractivity contribution in [2.45, 2.75) is 53.4 Å². The minimum absolute atomic E-state index is 0.242. The molecular weight excluding hydrogens is 384 g/mol. The predicted molar refractivity (Wildman–Crippen MR) is 127 cm³/mol. The summed E-state index contributed by atoms with van der Waals surface area (Å²) in [5.41, 5.74) is 3.65. The summed E-state index contributed by atoms with van der Waals surface area (Å²) in [5.74, 6) is 6.76. The van der Waals surface area contributed by atoms with Crippen LogP contribution in [-0.4, -0.2) is 11.1 Å². The Morgan fingerprint density at radius 2 is 1.58 bits per heavy atom. The molecule has 1 N–H and O–H groups in total. The van der Waals surface area contributed by atoms with Crippen molar-refractivity contribution < 1.29 is 14.6 Å². The zero-order valence-electron chi connectivity index (χ0n) is 19.3. The molecule has 0 amide bonds. The summed E-state index contributed by atoms with van der Waals surface area (Å²) in [5, 5.41) is 9.52. The molecule has 0 fully saturated rings. The van der Waals surface area contributed by atoms with Crippen molar-refractivity contribution in [1.29, 1.82) is 0 Å². The molecule has 0 spiro atoms. The first kappa shape index (κ1) is 24.0. The molecule has 3 heteroatoms. The van der Waals surface area contributed by atoms with Gasteiger partial charge in [-0.05, 0) is 62.6 Å². The van der Waals surface area contributed by atoms with Crippen LogP contribution in [0.2, 0.25) is 0 Å². The van der Waals surface area contributed by atoms with E-state index in [1.807, 2.05) is 56.3 Å². The maximum atomic E-state index is 12.4. The molecule has 0 aliphatic carbocycles. The number of hydrogen-bond acceptors (Lipinski definition) is 3. The molecule has 0 heterocycles. The molecule has 1 atom stereocenters. The second kappa shape index (κ2) is 10.7. The highest BCUT2D eigenvalue weighted by molar-refractivity contribution is 5.89. The lowest BCUT2D eigenvalue weighted by molar-refractivity contribution is -0.130. The molecule has 0 radical (unpaired) electrons. The third-order valence-electron chi connectivity index (χ3n) is 5.33. The quantitative estimate of drug-likeness (QED) is 0.183. The zero-order valence-corrected chi connectivity index (χ0v) is 19.3. The third kappa shape index (κ3) is 6.89. The van der Waals surface area contributed by atoms with E-state index >= 15 is 0 Å². The molecule has 1 unspecified atom stereocenters. The maximum Gasteiger partial charge on any atom is 0.339 e. The fraction of sp³-hybridized carbons (Fsp3) is 0.321. The SMILES string of the molecule is CC#CC(C)C/C(C)=C/C=C(\C)C(=O)Oc1ccc(C(C)(C)c2ccc(O)cc2)cc1. The largest absolute Gasteiger partial charge is 0.508 e. The van der Waals surface area contributed by atoms with Gasteiger partial charge in [-0.3, -0.25) is 0 Å². The topological polar surface area (TPSA) is 46.5 Å². The molecule has 0 bridgehead atoms. The minimum Gasteiger partial charge on any atom is -0.508 e. The third-order valence-corrected chi connectivity index (χ3v) is 5.33. The number of aromatic hydroxyl groups is 1. The van der Waals surface area contributed by atoms with Crippen LogP contribution in [0.3, 0.4) is 0 Å². The minimum atomic E-state index is -0.365. The Morgan fingerprint density at radius 1 is 1.03 bits per heavy atom. The van der Waals surface area contributed by atoms with E-state index in [4.69, 9.17) is 4.74 Å². The standard InChI is InChI=1S/C28H32O3/c1-7-8-20(2)19-21(3)9-10-22(4)27(30)31-26-17-13-24(14-18-26)28(5,6)23-11-15-25(29)16-12-23/h9-18,20,29H,19H2,1-6H3/b21-9+,22-10+. The van der Waals surface area contributed by atoms with Crippen LogP contribution in [0.25, 0.3) is 0 Å². The molecule has 31 heavy (non-hydrogen) atoms. The van der Waals surface area contributed by atoms with Crippen LogP contribution in [0.4, 0.5) is 0 Å². The van der Waals surface area contributed by atoms with Gasteiger partial charge in [0.25, 0.3) is 0 Å². The smallest absolute Gasteiger partial charge is 0.339 e. The van der Waals surface area contributed by atoms with Crippen molar-refractivity contribution >= 4 is 5.97 Å². The molecule has 2 rings (SSSR count). The van der Waals surface area contributed by atoms with E-state index in [0.29, 0.717) is 17.2 Å². The van der Waals surface area contributed by atoms with E-state index < -0.39 is 0 Å². The molecule has 0 saturated heterocycles. The summed E-state index contributed by atoms with van der Waals surface area (Å²) in [4.78, 5) is 12.4.